The predicted molar refractivity (Wildman–Crippen MR) is 151 cm³/mol. The second-order valence-electron chi connectivity index (χ2n) is 11.5. The van der Waals surface area contributed by atoms with Gasteiger partial charge in [0.25, 0.3) is 5.56 Å². The van der Waals surface area contributed by atoms with Crippen molar-refractivity contribution in [1.29, 1.82) is 0 Å². The number of aromatic amines is 1. The number of aliphatic imine (C=N–C) groups is 1. The average molecular weight is 499 g/mol. The molecule has 4 aliphatic carbocycles. The molecule has 4 bridgehead atoms. The van der Waals surface area contributed by atoms with Gasteiger partial charge in [-0.2, -0.15) is 0 Å². The first kappa shape index (κ1) is 23.4. The van der Waals surface area contributed by atoms with Crippen LogP contribution in [0.3, 0.4) is 0 Å². The number of H-pyrrole nitrogens is 1. The van der Waals surface area contributed by atoms with Gasteiger partial charge in [-0.05, 0) is 136 Å². The fraction of sp³-hybridized carbons (Fsp3) is 0.433. The summed E-state index contributed by atoms with van der Waals surface area (Å²) in [6.07, 6.45) is 9.93. The van der Waals surface area contributed by atoms with Crippen molar-refractivity contribution in [2.45, 2.75) is 64.7 Å². The van der Waals surface area contributed by atoms with E-state index in [4.69, 9.17) is 12.2 Å². The van der Waals surface area contributed by atoms with Crippen LogP contribution in [0.25, 0.3) is 5.69 Å². The molecule has 0 atom stereocenters. The van der Waals surface area contributed by atoms with Gasteiger partial charge in [-0.25, -0.2) is 9.67 Å². The van der Waals surface area contributed by atoms with Gasteiger partial charge < -0.3 is 5.32 Å². The molecule has 186 valence electrons. The molecule has 0 aliphatic heterocycles. The van der Waals surface area contributed by atoms with Crippen molar-refractivity contribution < 1.29 is 0 Å². The zero-order chi connectivity index (χ0) is 25.0. The number of anilines is 1. The maximum absolute atomic E-state index is 13.2. The summed E-state index contributed by atoms with van der Waals surface area (Å²) in [5.41, 5.74) is 7.15. The molecule has 1 aromatic heterocycles. The summed E-state index contributed by atoms with van der Waals surface area (Å²) in [7, 11) is 0. The first-order chi connectivity index (χ1) is 17.3. The van der Waals surface area contributed by atoms with Crippen LogP contribution in [-0.2, 0) is 5.41 Å². The number of aryl methyl sites for hydroxylation is 3. The Morgan fingerprint density at radius 2 is 1.64 bits per heavy atom. The Bertz CT molecular complexity index is 1380. The van der Waals surface area contributed by atoms with Gasteiger partial charge in [0.1, 0.15) is 0 Å². The molecule has 5 nitrogen and oxygen atoms in total. The summed E-state index contributed by atoms with van der Waals surface area (Å²) in [5.74, 6) is 2.76. The topological polar surface area (TPSA) is 62.2 Å². The molecule has 3 aromatic rings. The Balaban J connectivity index is 1.20. The minimum absolute atomic E-state index is 0.118. The quantitative estimate of drug-likeness (QED) is 0.324. The Labute approximate surface area is 218 Å². The van der Waals surface area contributed by atoms with Gasteiger partial charge in [-0.15, -0.1) is 0 Å². The van der Waals surface area contributed by atoms with Crippen molar-refractivity contribution in [3.8, 4) is 5.69 Å². The highest BCUT2D eigenvalue weighted by Gasteiger charge is 2.51. The van der Waals surface area contributed by atoms with Crippen molar-refractivity contribution in [2.75, 3.05) is 5.32 Å². The number of hydrogen-bond donors (Lipinski definition) is 2. The van der Waals surface area contributed by atoms with E-state index >= 15 is 0 Å². The van der Waals surface area contributed by atoms with E-state index in [-0.39, 0.29) is 5.56 Å². The number of hydrogen-bond acceptors (Lipinski definition) is 2. The SMILES string of the molecule is Cc1ccc(NC(=S)N=Cc2c(C)[nH]n(-c3ccc(C45CC6CC(CC(C6)C4)C5)cc3)c2=O)cc1C. The minimum atomic E-state index is -0.118. The van der Waals surface area contributed by atoms with Crippen LogP contribution in [0.2, 0.25) is 0 Å². The highest BCUT2D eigenvalue weighted by molar-refractivity contribution is 7.80. The molecular formula is C30H34N4OS. The van der Waals surface area contributed by atoms with Gasteiger partial charge in [0.2, 0.25) is 0 Å². The lowest BCUT2D eigenvalue weighted by molar-refractivity contribution is -0.00518. The number of benzene rings is 2. The molecule has 0 amide bonds. The maximum Gasteiger partial charge on any atom is 0.280 e. The fourth-order valence-corrected chi connectivity index (χ4v) is 7.59. The summed E-state index contributed by atoms with van der Waals surface area (Å²) in [5, 5.41) is 6.68. The molecule has 4 fully saturated rings. The molecule has 2 N–H and O–H groups in total. The summed E-state index contributed by atoms with van der Waals surface area (Å²) >= 11 is 5.39. The molecule has 0 unspecified atom stereocenters. The largest absolute Gasteiger partial charge is 0.331 e. The van der Waals surface area contributed by atoms with E-state index in [0.29, 0.717) is 16.1 Å². The number of nitrogens with one attached hydrogen (secondary N) is 2. The molecule has 6 heteroatoms. The Morgan fingerprint density at radius 3 is 2.25 bits per heavy atom. The predicted octanol–water partition coefficient (Wildman–Crippen LogP) is 6.37. The Morgan fingerprint density at radius 1 is 1.00 bits per heavy atom. The number of thiocarbonyl (C=S) groups is 1. The van der Waals surface area contributed by atoms with Crippen LogP contribution >= 0.6 is 12.2 Å². The maximum atomic E-state index is 13.2. The molecule has 4 saturated carbocycles. The molecule has 7 rings (SSSR count). The molecule has 4 aliphatic rings. The van der Waals surface area contributed by atoms with Crippen molar-refractivity contribution in [2.24, 2.45) is 22.7 Å². The van der Waals surface area contributed by atoms with Gasteiger partial charge in [-0.3, -0.25) is 9.89 Å². The van der Waals surface area contributed by atoms with Gasteiger partial charge in [-0.1, -0.05) is 18.2 Å². The van der Waals surface area contributed by atoms with E-state index in [2.05, 4.69) is 53.5 Å². The lowest BCUT2D eigenvalue weighted by Gasteiger charge is -2.57. The van der Waals surface area contributed by atoms with Crippen LogP contribution in [0.1, 0.15) is 66.5 Å². The summed E-state index contributed by atoms with van der Waals surface area (Å²) in [6, 6.07) is 14.8. The van der Waals surface area contributed by atoms with E-state index < -0.39 is 0 Å². The third-order valence-electron chi connectivity index (χ3n) is 8.96. The van der Waals surface area contributed by atoms with E-state index in [1.165, 1.54) is 55.2 Å². The van der Waals surface area contributed by atoms with E-state index in [0.717, 1.165) is 34.8 Å². The molecule has 0 radical (unpaired) electrons. The molecular weight excluding hydrogens is 464 g/mol. The van der Waals surface area contributed by atoms with Crippen LogP contribution in [-0.4, -0.2) is 21.1 Å². The van der Waals surface area contributed by atoms with Crippen molar-refractivity contribution >= 4 is 29.2 Å². The van der Waals surface area contributed by atoms with Gasteiger partial charge >= 0.3 is 0 Å². The second-order valence-corrected chi connectivity index (χ2v) is 11.9. The summed E-state index contributed by atoms with van der Waals surface area (Å²) in [4.78, 5) is 17.6. The van der Waals surface area contributed by atoms with E-state index in [9.17, 15) is 4.79 Å². The van der Waals surface area contributed by atoms with Crippen LogP contribution in [0, 0.1) is 38.5 Å². The highest BCUT2D eigenvalue weighted by Crippen LogP contribution is 2.60. The fourth-order valence-electron chi connectivity index (χ4n) is 7.42. The van der Waals surface area contributed by atoms with E-state index in [1.54, 1.807) is 10.9 Å². The molecule has 1 heterocycles. The van der Waals surface area contributed by atoms with Gasteiger partial charge in [0.05, 0.1) is 11.3 Å². The van der Waals surface area contributed by atoms with Crippen LogP contribution < -0.4 is 10.9 Å². The smallest absolute Gasteiger partial charge is 0.280 e. The third-order valence-corrected chi connectivity index (χ3v) is 9.17. The Kier molecular flexibility index (Phi) is 5.75. The first-order valence-electron chi connectivity index (χ1n) is 13.1. The normalized spacial score (nSPS) is 26.6. The average Bonchev–Trinajstić information content (AvgIpc) is 3.12. The highest BCUT2D eigenvalue weighted by atomic mass is 32.1. The summed E-state index contributed by atoms with van der Waals surface area (Å²) in [6.45, 7) is 6.03. The Hall–Kier alpha value is -2.99. The lowest BCUT2D eigenvalue weighted by Crippen LogP contribution is -2.48. The number of aromatic nitrogens is 2. The van der Waals surface area contributed by atoms with Crippen LogP contribution in [0.15, 0.2) is 52.3 Å². The number of nitrogens with zero attached hydrogens (tertiary/aromatic N) is 2. The van der Waals surface area contributed by atoms with Crippen LogP contribution in [0.4, 0.5) is 5.69 Å². The third kappa shape index (κ3) is 4.15. The molecule has 0 saturated heterocycles. The van der Waals surface area contributed by atoms with Crippen LogP contribution in [0.5, 0.6) is 0 Å². The molecule has 0 spiro atoms. The number of rotatable bonds is 4. The van der Waals surface area contributed by atoms with Gasteiger partial charge in [0.15, 0.2) is 5.11 Å². The lowest BCUT2D eigenvalue weighted by atomic mass is 9.48. The van der Waals surface area contributed by atoms with E-state index in [1.807, 2.05) is 25.1 Å². The van der Waals surface area contributed by atoms with Crippen molar-refractivity contribution in [1.82, 2.24) is 9.78 Å². The molecule has 36 heavy (non-hydrogen) atoms. The van der Waals surface area contributed by atoms with Gasteiger partial charge in [0, 0.05) is 17.6 Å². The zero-order valence-electron chi connectivity index (χ0n) is 21.3. The standard InChI is InChI=1S/C30H34N4OS/c1-18-4-7-25(10-19(18)2)32-29(36)31-17-27-20(3)33-34(28(27)35)26-8-5-24(6-9-26)30-14-21-11-22(15-30)13-23(12-21)16-30/h4-10,17,21-23,33H,11-16H2,1-3H3,(H,32,36). The second kappa shape index (κ2) is 8.84. The first-order valence-corrected chi connectivity index (χ1v) is 13.6. The van der Waals surface area contributed by atoms with Crippen molar-refractivity contribution in [3.05, 3.63) is 80.8 Å². The zero-order valence-corrected chi connectivity index (χ0v) is 22.1. The molecule has 2 aromatic carbocycles. The monoisotopic (exact) mass is 498 g/mol. The summed E-state index contributed by atoms with van der Waals surface area (Å²) < 4.78 is 1.61. The van der Waals surface area contributed by atoms with Crippen molar-refractivity contribution in [3.63, 3.8) is 0 Å². The minimum Gasteiger partial charge on any atom is -0.331 e.